The fourth-order valence-electron chi connectivity index (χ4n) is 3.18. The van der Waals surface area contributed by atoms with E-state index in [2.05, 4.69) is 25.3 Å². The number of fused-ring (bicyclic) bond motifs is 1. The number of nitrogens with two attached hydrogens (primary N) is 2. The molecule has 3 rings (SSSR count). The summed E-state index contributed by atoms with van der Waals surface area (Å²) in [5.41, 5.74) is 12.4. The van der Waals surface area contributed by atoms with E-state index in [4.69, 9.17) is 11.5 Å². The number of hydrogen-bond acceptors (Lipinski definition) is 10. The molecule has 0 radical (unpaired) electrons. The summed E-state index contributed by atoms with van der Waals surface area (Å²) in [5, 5.41) is 21.6. The Labute approximate surface area is 193 Å². The smallest absolute Gasteiger partial charge is 0.326 e. The lowest BCUT2D eigenvalue weighted by atomic mass is 10.1. The van der Waals surface area contributed by atoms with Gasteiger partial charge in [-0.1, -0.05) is 0 Å². The van der Waals surface area contributed by atoms with Crippen LogP contribution in [0.1, 0.15) is 41.9 Å². The third kappa shape index (κ3) is 5.43. The number of carboxylic acids is 1. The van der Waals surface area contributed by atoms with Gasteiger partial charge in [-0.25, -0.2) is 14.8 Å². The highest BCUT2D eigenvalue weighted by Gasteiger charge is 2.22. The first-order valence-corrected chi connectivity index (χ1v) is 10.2. The zero-order valence-corrected chi connectivity index (χ0v) is 18.5. The van der Waals surface area contributed by atoms with E-state index in [1.165, 1.54) is 6.20 Å². The largest absolute Gasteiger partial charge is 0.492 e. The third-order valence-electron chi connectivity index (χ3n) is 5.25. The molecule has 1 aromatic carbocycles. The Kier molecular flexibility index (Phi) is 7.04. The second kappa shape index (κ2) is 9.94. The van der Waals surface area contributed by atoms with Crippen molar-refractivity contribution in [3.8, 4) is 5.88 Å². The lowest BCUT2D eigenvalue weighted by Gasteiger charge is -2.26. The fourth-order valence-corrected chi connectivity index (χ4v) is 3.18. The molecule has 13 heteroatoms. The molecule has 0 spiro atoms. The number of primary amides is 1. The van der Waals surface area contributed by atoms with Crippen LogP contribution in [0, 0.1) is 0 Å². The predicted octanol–water partition coefficient (Wildman–Crippen LogP) is 0.354. The maximum absolute atomic E-state index is 12.5. The van der Waals surface area contributed by atoms with E-state index >= 15 is 0 Å². The van der Waals surface area contributed by atoms with Crippen molar-refractivity contribution in [2.75, 3.05) is 17.7 Å². The Morgan fingerprint density at radius 3 is 2.44 bits per heavy atom. The molecule has 0 bridgehead atoms. The highest BCUT2D eigenvalue weighted by molar-refractivity contribution is 5.97. The van der Waals surface area contributed by atoms with Gasteiger partial charge in [0, 0.05) is 24.7 Å². The minimum Gasteiger partial charge on any atom is -0.492 e. The fraction of sp³-hybridized carbons (Fsp3) is 0.286. The molecule has 0 fully saturated rings. The minimum absolute atomic E-state index is 0.102. The summed E-state index contributed by atoms with van der Waals surface area (Å²) in [6.45, 7) is 1.88. The Balaban J connectivity index is 1.73. The van der Waals surface area contributed by atoms with Crippen molar-refractivity contribution in [3.05, 3.63) is 41.7 Å². The molecular weight excluding hydrogens is 444 g/mol. The second-order valence-electron chi connectivity index (χ2n) is 7.58. The van der Waals surface area contributed by atoms with Gasteiger partial charge in [0.05, 0.1) is 17.9 Å². The van der Waals surface area contributed by atoms with Gasteiger partial charge >= 0.3 is 5.97 Å². The molecule has 0 aliphatic rings. The number of aromatic nitrogens is 4. The molecule has 34 heavy (non-hydrogen) atoms. The van der Waals surface area contributed by atoms with Crippen LogP contribution in [0.2, 0.25) is 0 Å². The number of rotatable bonds is 9. The Hall–Kier alpha value is -4.55. The number of carbonyl (C=O) groups is 3. The molecule has 7 N–H and O–H groups in total. The molecule has 2 atom stereocenters. The van der Waals surface area contributed by atoms with E-state index in [-0.39, 0.29) is 47.4 Å². The highest BCUT2D eigenvalue weighted by Crippen LogP contribution is 2.26. The van der Waals surface area contributed by atoms with Gasteiger partial charge in [0.2, 0.25) is 17.7 Å². The Morgan fingerprint density at radius 1 is 1.15 bits per heavy atom. The monoisotopic (exact) mass is 468 g/mol. The molecule has 0 saturated carbocycles. The van der Waals surface area contributed by atoms with Crippen molar-refractivity contribution in [2.45, 2.75) is 31.8 Å². The van der Waals surface area contributed by atoms with Crippen LogP contribution in [-0.2, 0) is 9.59 Å². The first kappa shape index (κ1) is 24.1. The van der Waals surface area contributed by atoms with Crippen LogP contribution in [0.3, 0.4) is 0 Å². The summed E-state index contributed by atoms with van der Waals surface area (Å²) in [7, 11) is 1.81. The van der Waals surface area contributed by atoms with E-state index in [1.807, 2.05) is 18.9 Å². The quantitative estimate of drug-likeness (QED) is 0.289. The molecule has 1 unspecified atom stereocenters. The van der Waals surface area contributed by atoms with Gasteiger partial charge in [-0.3, -0.25) is 9.59 Å². The molecular formula is C21H24N8O5. The summed E-state index contributed by atoms with van der Waals surface area (Å²) in [4.78, 5) is 52.8. The molecule has 3 aromatic rings. The topological polar surface area (TPSA) is 211 Å². The molecule has 0 aliphatic carbocycles. The number of nitrogens with one attached hydrogen (secondary N) is 1. The predicted molar refractivity (Wildman–Crippen MR) is 122 cm³/mol. The average Bonchev–Trinajstić information content (AvgIpc) is 2.80. The normalized spacial score (nSPS) is 12.6. The standard InChI is InChI=1S/C21H24N8O5/c1-10(14-9-24-17-16(25-14)19(32)28-21(23)27-17)29(2)12-5-3-11(4-6-12)18(31)26-13(20(33)34)7-8-15(22)30/h3-6,9-10,13H,7-8H2,1-2H3,(H2,22,30)(H,26,31)(H,33,34)(H3,23,24,27,28,32)/t10?,13-/m0/s1. The summed E-state index contributed by atoms with van der Waals surface area (Å²) in [6, 6.07) is 4.98. The van der Waals surface area contributed by atoms with E-state index in [1.54, 1.807) is 24.3 Å². The van der Waals surface area contributed by atoms with Crippen LogP contribution in [-0.4, -0.2) is 61.0 Å². The summed E-state index contributed by atoms with van der Waals surface area (Å²) in [5.74, 6) is -2.96. The van der Waals surface area contributed by atoms with Crippen LogP contribution < -0.4 is 21.7 Å². The van der Waals surface area contributed by atoms with E-state index in [9.17, 15) is 24.6 Å². The van der Waals surface area contributed by atoms with Crippen LogP contribution in [0.15, 0.2) is 30.5 Å². The van der Waals surface area contributed by atoms with E-state index in [0.717, 1.165) is 5.69 Å². The summed E-state index contributed by atoms with van der Waals surface area (Å²) in [6.07, 6.45) is 1.26. The molecule has 178 valence electrons. The number of hydrogen-bond donors (Lipinski definition) is 5. The molecule has 0 aliphatic heterocycles. The maximum Gasteiger partial charge on any atom is 0.326 e. The lowest BCUT2D eigenvalue weighted by Crippen LogP contribution is -2.41. The molecule has 2 amide bonds. The van der Waals surface area contributed by atoms with Gasteiger partial charge in [-0.2, -0.15) is 9.97 Å². The number of benzene rings is 1. The zero-order valence-electron chi connectivity index (χ0n) is 18.5. The number of aromatic hydroxyl groups is 1. The van der Waals surface area contributed by atoms with Crippen LogP contribution in [0.5, 0.6) is 5.88 Å². The van der Waals surface area contributed by atoms with Gasteiger partial charge in [-0.05, 0) is 37.6 Å². The molecule has 2 aromatic heterocycles. The summed E-state index contributed by atoms with van der Waals surface area (Å²) >= 11 is 0. The lowest BCUT2D eigenvalue weighted by molar-refractivity contribution is -0.139. The number of anilines is 2. The van der Waals surface area contributed by atoms with Crippen molar-refractivity contribution < 1.29 is 24.6 Å². The van der Waals surface area contributed by atoms with Crippen molar-refractivity contribution in [2.24, 2.45) is 5.73 Å². The van der Waals surface area contributed by atoms with E-state index < -0.39 is 23.8 Å². The van der Waals surface area contributed by atoms with Gasteiger partial charge in [0.15, 0.2) is 11.2 Å². The number of aliphatic carboxylic acids is 1. The number of amides is 2. The summed E-state index contributed by atoms with van der Waals surface area (Å²) < 4.78 is 0. The van der Waals surface area contributed by atoms with Crippen LogP contribution >= 0.6 is 0 Å². The van der Waals surface area contributed by atoms with Gasteiger partial charge < -0.3 is 31.9 Å². The van der Waals surface area contributed by atoms with Gasteiger partial charge in [-0.15, -0.1) is 0 Å². The van der Waals surface area contributed by atoms with Crippen LogP contribution in [0.4, 0.5) is 11.6 Å². The highest BCUT2D eigenvalue weighted by atomic mass is 16.4. The molecule has 13 nitrogen and oxygen atoms in total. The minimum atomic E-state index is -1.25. The average molecular weight is 468 g/mol. The van der Waals surface area contributed by atoms with Crippen molar-refractivity contribution in [3.63, 3.8) is 0 Å². The Morgan fingerprint density at radius 2 is 1.82 bits per heavy atom. The maximum atomic E-state index is 12.5. The van der Waals surface area contributed by atoms with Crippen molar-refractivity contribution in [1.82, 2.24) is 25.3 Å². The number of carboxylic acid groups (broad SMARTS) is 1. The number of carbonyl (C=O) groups excluding carboxylic acids is 2. The van der Waals surface area contributed by atoms with Gasteiger partial charge in [0.25, 0.3) is 5.91 Å². The zero-order chi connectivity index (χ0) is 25.0. The Bertz CT molecular complexity index is 1230. The first-order valence-electron chi connectivity index (χ1n) is 10.2. The SMILES string of the molecule is CC(c1cnc2nc(N)nc(O)c2n1)N(C)c1ccc(C(=O)N[C@@H](CCC(N)=O)C(=O)O)cc1. The van der Waals surface area contributed by atoms with Crippen molar-refractivity contribution >= 4 is 40.6 Å². The molecule has 0 saturated heterocycles. The number of nitrogen functional groups attached to an aromatic ring is 1. The van der Waals surface area contributed by atoms with Gasteiger partial charge in [0.1, 0.15) is 6.04 Å². The number of nitrogens with zero attached hydrogens (tertiary/aromatic N) is 5. The third-order valence-corrected chi connectivity index (χ3v) is 5.25. The van der Waals surface area contributed by atoms with Crippen LogP contribution in [0.25, 0.3) is 11.2 Å². The second-order valence-corrected chi connectivity index (χ2v) is 7.58. The van der Waals surface area contributed by atoms with Crippen molar-refractivity contribution in [1.29, 1.82) is 0 Å². The van der Waals surface area contributed by atoms with E-state index in [0.29, 0.717) is 5.69 Å². The molecule has 2 heterocycles. The first-order chi connectivity index (χ1) is 16.1.